The molecule has 3 N–H and O–H groups in total. The van der Waals surface area contributed by atoms with Crippen molar-refractivity contribution >= 4 is 41.7 Å². The Balaban J connectivity index is 1.67. The molecule has 1 aliphatic rings. The predicted octanol–water partition coefficient (Wildman–Crippen LogP) is 3.84. The molecule has 0 aliphatic heterocycles. The van der Waals surface area contributed by atoms with Crippen LogP contribution in [-0.2, 0) is 20.8 Å². The highest BCUT2D eigenvalue weighted by atomic mass is 32.1. The summed E-state index contributed by atoms with van der Waals surface area (Å²) in [6.07, 6.45) is 6.78. The first kappa shape index (κ1) is 25.2. The van der Waals surface area contributed by atoms with Crippen LogP contribution in [0.25, 0.3) is 11.3 Å². The first-order valence-electron chi connectivity index (χ1n) is 11.4. The monoisotopic (exact) mass is 489 g/mol. The minimum atomic E-state index is -1.13. The number of carbonyl (C=O) groups excluding carboxylic acids is 2. The van der Waals surface area contributed by atoms with Gasteiger partial charge < -0.3 is 15.7 Å². The van der Waals surface area contributed by atoms with Gasteiger partial charge in [-0.25, -0.2) is 4.79 Å². The number of aromatic nitrogens is 1. The maximum atomic E-state index is 13.2. The number of nitrogens with one attached hydrogen (secondary N) is 2. The number of carboxylic acid groups (broad SMARTS) is 1. The van der Waals surface area contributed by atoms with E-state index in [4.69, 9.17) is 0 Å². The molecule has 2 heterocycles. The van der Waals surface area contributed by atoms with E-state index in [0.717, 1.165) is 36.9 Å². The molecule has 3 rings (SSSR count). The molecular formula is C24H31N3O4S2. The Morgan fingerprint density at radius 2 is 2.00 bits per heavy atom. The number of rotatable bonds is 11. The van der Waals surface area contributed by atoms with Crippen LogP contribution in [0.4, 0.5) is 0 Å². The van der Waals surface area contributed by atoms with Crippen LogP contribution >= 0.6 is 24.0 Å². The highest BCUT2D eigenvalue weighted by molar-refractivity contribution is 7.81. The number of amides is 2. The number of unbranched alkanes of at least 4 members (excludes halogenated alkanes) is 1. The van der Waals surface area contributed by atoms with Crippen LogP contribution in [0.1, 0.15) is 57.4 Å². The zero-order chi connectivity index (χ0) is 23.8. The van der Waals surface area contributed by atoms with E-state index in [1.165, 1.54) is 0 Å². The molecule has 2 aromatic heterocycles. The van der Waals surface area contributed by atoms with Crippen molar-refractivity contribution in [3.63, 3.8) is 0 Å². The average Bonchev–Trinajstić information content (AvgIpc) is 3.50. The summed E-state index contributed by atoms with van der Waals surface area (Å²) < 4.78 is 0. The number of hydrogen-bond donors (Lipinski definition) is 4. The van der Waals surface area contributed by atoms with Gasteiger partial charge in [-0.3, -0.25) is 14.6 Å². The molecule has 1 saturated carbocycles. The molecule has 0 radical (unpaired) electrons. The minimum absolute atomic E-state index is 0.105. The minimum Gasteiger partial charge on any atom is -0.480 e. The molecule has 178 valence electrons. The Labute approximate surface area is 203 Å². The summed E-state index contributed by atoms with van der Waals surface area (Å²) in [4.78, 5) is 42.2. The van der Waals surface area contributed by atoms with Crippen molar-refractivity contribution in [3.05, 3.63) is 40.7 Å². The molecule has 7 nitrogen and oxygen atoms in total. The summed E-state index contributed by atoms with van der Waals surface area (Å²) >= 11 is 5.97. The number of pyridine rings is 1. The number of hydrogen-bond acceptors (Lipinski definition) is 6. The van der Waals surface area contributed by atoms with Gasteiger partial charge >= 0.3 is 5.97 Å². The lowest BCUT2D eigenvalue weighted by Gasteiger charge is -2.31. The lowest BCUT2D eigenvalue weighted by Crippen LogP contribution is -2.61. The first-order chi connectivity index (χ1) is 15.8. The molecule has 9 heteroatoms. The van der Waals surface area contributed by atoms with Gasteiger partial charge in [0, 0.05) is 23.6 Å². The smallest absolute Gasteiger partial charge is 0.326 e. The number of aliphatic carboxylic acids is 1. The summed E-state index contributed by atoms with van der Waals surface area (Å²) in [6.45, 7) is 2.04. The fraction of sp³-hybridized carbons (Fsp3) is 0.500. The lowest BCUT2D eigenvalue weighted by atomic mass is 9.94. The summed E-state index contributed by atoms with van der Waals surface area (Å²) in [6, 6.07) is 4.53. The Hall–Kier alpha value is -2.39. The van der Waals surface area contributed by atoms with Crippen LogP contribution in [0.2, 0.25) is 0 Å². The third-order valence-corrected chi connectivity index (χ3v) is 7.25. The van der Waals surface area contributed by atoms with Gasteiger partial charge in [0.05, 0.1) is 10.9 Å². The van der Waals surface area contributed by atoms with Crippen molar-refractivity contribution in [1.82, 2.24) is 15.6 Å². The molecule has 2 atom stereocenters. The average molecular weight is 490 g/mol. The summed E-state index contributed by atoms with van der Waals surface area (Å²) in [5.41, 5.74) is 1.45. The van der Waals surface area contributed by atoms with E-state index in [9.17, 15) is 19.5 Å². The molecule has 33 heavy (non-hydrogen) atoms. The predicted molar refractivity (Wildman–Crippen MR) is 132 cm³/mol. The van der Waals surface area contributed by atoms with Gasteiger partial charge in [-0.15, -0.1) is 0 Å². The third-order valence-electron chi connectivity index (χ3n) is 6.07. The number of carboxylic acids is 1. The molecule has 0 spiro atoms. The SMILES string of the molecule is CCCC[C@H](S)C(=O)NC1(C(=O)NC(Cc2ccc(-c3ccsc3)nc2)C(=O)O)CCCC1. The maximum Gasteiger partial charge on any atom is 0.326 e. The molecule has 1 aliphatic carbocycles. The van der Waals surface area contributed by atoms with Crippen LogP contribution in [0.5, 0.6) is 0 Å². The normalized spacial score (nSPS) is 16.7. The Morgan fingerprint density at radius 3 is 2.58 bits per heavy atom. The largest absolute Gasteiger partial charge is 0.480 e. The third kappa shape index (κ3) is 6.57. The van der Waals surface area contributed by atoms with E-state index in [2.05, 4.69) is 28.2 Å². The second kappa shape index (κ2) is 11.7. The summed E-state index contributed by atoms with van der Waals surface area (Å²) in [7, 11) is 0. The van der Waals surface area contributed by atoms with Gasteiger partial charge in [-0.05, 0) is 42.3 Å². The zero-order valence-corrected chi connectivity index (χ0v) is 20.5. The van der Waals surface area contributed by atoms with Crippen LogP contribution < -0.4 is 10.6 Å². The highest BCUT2D eigenvalue weighted by Crippen LogP contribution is 2.31. The number of thiol groups is 1. The summed E-state index contributed by atoms with van der Waals surface area (Å²) in [5.74, 6) is -1.84. The molecule has 2 amide bonds. The maximum absolute atomic E-state index is 13.2. The Morgan fingerprint density at radius 1 is 1.24 bits per heavy atom. The van der Waals surface area contributed by atoms with Crippen molar-refractivity contribution in [3.8, 4) is 11.3 Å². The number of nitrogens with zero attached hydrogens (tertiary/aromatic N) is 1. The first-order valence-corrected chi connectivity index (χ1v) is 12.8. The van der Waals surface area contributed by atoms with Crippen molar-refractivity contribution in [1.29, 1.82) is 0 Å². The van der Waals surface area contributed by atoms with Crippen LogP contribution in [-0.4, -0.2) is 44.7 Å². The molecule has 0 saturated heterocycles. The lowest BCUT2D eigenvalue weighted by molar-refractivity contribution is -0.143. The van der Waals surface area contributed by atoms with Crippen LogP contribution in [0, 0.1) is 0 Å². The Bertz CT molecular complexity index is 941. The van der Waals surface area contributed by atoms with E-state index in [0.29, 0.717) is 24.8 Å². The molecule has 0 aromatic carbocycles. The van der Waals surface area contributed by atoms with Crippen molar-refractivity contribution in [2.24, 2.45) is 0 Å². The molecular weight excluding hydrogens is 458 g/mol. The van der Waals surface area contributed by atoms with Gasteiger partial charge in [0.25, 0.3) is 0 Å². The fourth-order valence-corrected chi connectivity index (χ4v) is 4.99. The molecule has 0 bridgehead atoms. The van der Waals surface area contributed by atoms with Crippen molar-refractivity contribution < 1.29 is 19.5 Å². The van der Waals surface area contributed by atoms with Crippen LogP contribution in [0.15, 0.2) is 35.2 Å². The van der Waals surface area contributed by atoms with E-state index < -0.39 is 28.7 Å². The van der Waals surface area contributed by atoms with Gasteiger partial charge in [0.1, 0.15) is 11.6 Å². The number of thiophene rings is 1. The standard InChI is InChI=1S/C24H31N3O4S2/c1-2-3-6-20(32)21(28)27-24(10-4-5-11-24)23(31)26-19(22(29)30)13-16-7-8-18(25-14-16)17-9-12-33-15-17/h7-9,12,14-15,19-20,32H,2-6,10-11,13H2,1H3,(H,26,31)(H,27,28)(H,29,30)/t19?,20-/m0/s1. The molecule has 1 unspecified atom stereocenters. The van der Waals surface area contributed by atoms with Gasteiger partial charge in [0.2, 0.25) is 11.8 Å². The van der Waals surface area contributed by atoms with E-state index in [1.54, 1.807) is 17.5 Å². The van der Waals surface area contributed by atoms with E-state index >= 15 is 0 Å². The van der Waals surface area contributed by atoms with Crippen molar-refractivity contribution in [2.75, 3.05) is 0 Å². The van der Waals surface area contributed by atoms with Gasteiger partial charge in [-0.2, -0.15) is 24.0 Å². The topological polar surface area (TPSA) is 108 Å². The van der Waals surface area contributed by atoms with Gasteiger partial charge in [-0.1, -0.05) is 38.7 Å². The van der Waals surface area contributed by atoms with E-state index in [1.807, 2.05) is 35.9 Å². The quantitative estimate of drug-likeness (QED) is 0.359. The molecule has 1 fully saturated rings. The molecule has 2 aromatic rings. The van der Waals surface area contributed by atoms with Gasteiger partial charge in [0.15, 0.2) is 0 Å². The highest BCUT2D eigenvalue weighted by Gasteiger charge is 2.44. The van der Waals surface area contributed by atoms with Crippen molar-refractivity contribution in [2.45, 2.75) is 75.1 Å². The second-order valence-electron chi connectivity index (χ2n) is 8.57. The fourth-order valence-electron chi connectivity index (χ4n) is 4.09. The Kier molecular flexibility index (Phi) is 8.91. The van der Waals surface area contributed by atoms with E-state index in [-0.39, 0.29) is 12.3 Å². The summed E-state index contributed by atoms with van der Waals surface area (Å²) in [5, 5.41) is 18.8. The second-order valence-corrected chi connectivity index (χ2v) is 9.97. The van der Waals surface area contributed by atoms with Crippen LogP contribution in [0.3, 0.4) is 0 Å². The zero-order valence-electron chi connectivity index (χ0n) is 18.8. The number of carbonyl (C=O) groups is 3.